The highest BCUT2D eigenvalue weighted by Crippen LogP contribution is 2.38. The zero-order valence-corrected chi connectivity index (χ0v) is 17.4. The van der Waals surface area contributed by atoms with Crippen LogP contribution in [0.1, 0.15) is 75.3 Å². The Morgan fingerprint density at radius 1 is 0.857 bits per heavy atom. The third-order valence-electron chi connectivity index (χ3n) is 6.33. The van der Waals surface area contributed by atoms with Gasteiger partial charge in [0, 0.05) is 0 Å². The Balaban J connectivity index is 1.51. The Hall–Kier alpha value is -1.89. The highest BCUT2D eigenvalue weighted by Gasteiger charge is 2.21. The van der Waals surface area contributed by atoms with E-state index in [1.807, 2.05) is 6.08 Å². The maximum absolute atomic E-state index is 12.1. The lowest BCUT2D eigenvalue weighted by Crippen LogP contribution is -2.13. The Labute approximate surface area is 170 Å². The van der Waals surface area contributed by atoms with Crippen LogP contribution in [0.2, 0.25) is 0 Å². The van der Waals surface area contributed by atoms with Gasteiger partial charge in [-0.15, -0.1) is 0 Å². The molecule has 0 N–H and O–H groups in total. The maximum atomic E-state index is 12.1. The summed E-state index contributed by atoms with van der Waals surface area (Å²) in [5.74, 6) is 1.54. The van der Waals surface area contributed by atoms with Crippen LogP contribution < -0.4 is 0 Å². The molecule has 2 aromatic rings. The van der Waals surface area contributed by atoms with Crippen LogP contribution >= 0.6 is 0 Å². The Bertz CT molecular complexity index is 703. The molecule has 0 nitrogen and oxygen atoms in total. The first kappa shape index (κ1) is 20.8. The second-order valence-electron chi connectivity index (χ2n) is 8.34. The molecule has 0 radical (unpaired) electrons. The first-order valence-corrected chi connectivity index (χ1v) is 11.2. The van der Waals surface area contributed by atoms with Gasteiger partial charge in [0.2, 0.25) is 0 Å². The van der Waals surface area contributed by atoms with E-state index in [1.165, 1.54) is 73.6 Å². The smallest absolute Gasteiger partial charge is 0.108 e. The molecule has 0 unspecified atom stereocenters. The molecule has 1 heteroatoms. The van der Waals surface area contributed by atoms with E-state index in [9.17, 15) is 4.39 Å². The van der Waals surface area contributed by atoms with Crippen molar-refractivity contribution in [3.63, 3.8) is 0 Å². The highest BCUT2D eigenvalue weighted by atomic mass is 19.1. The SMILES string of the molecule is CCCCc1ccc(-c2ccc([C@H]3CC[C@H](CC/C=C/CF)CC3)cc2)cc1. The lowest BCUT2D eigenvalue weighted by atomic mass is 9.77. The van der Waals surface area contributed by atoms with Crippen molar-refractivity contribution in [3.05, 3.63) is 71.8 Å². The van der Waals surface area contributed by atoms with Crippen molar-refractivity contribution in [3.8, 4) is 11.1 Å². The minimum atomic E-state index is -0.328. The van der Waals surface area contributed by atoms with Crippen molar-refractivity contribution in [2.45, 2.75) is 70.6 Å². The van der Waals surface area contributed by atoms with Gasteiger partial charge >= 0.3 is 0 Å². The van der Waals surface area contributed by atoms with Gasteiger partial charge in [-0.05, 0) is 85.5 Å². The van der Waals surface area contributed by atoms with Gasteiger partial charge in [-0.2, -0.15) is 0 Å². The van der Waals surface area contributed by atoms with Gasteiger partial charge in [-0.3, -0.25) is 0 Å². The Kier molecular flexibility index (Phi) is 8.33. The molecule has 0 saturated heterocycles. The summed E-state index contributed by atoms with van der Waals surface area (Å²) in [4.78, 5) is 0. The number of unbranched alkanes of at least 4 members (excludes halogenated alkanes) is 1. The quantitative estimate of drug-likeness (QED) is 0.385. The number of hydrogen-bond donors (Lipinski definition) is 0. The van der Waals surface area contributed by atoms with Crippen LogP contribution in [-0.4, -0.2) is 6.67 Å². The van der Waals surface area contributed by atoms with Crippen LogP contribution in [0.3, 0.4) is 0 Å². The van der Waals surface area contributed by atoms with Gasteiger partial charge in [-0.25, -0.2) is 4.39 Å². The Morgan fingerprint density at radius 2 is 1.50 bits per heavy atom. The van der Waals surface area contributed by atoms with Gasteiger partial charge < -0.3 is 0 Å². The topological polar surface area (TPSA) is 0 Å². The van der Waals surface area contributed by atoms with E-state index in [0.29, 0.717) is 5.92 Å². The zero-order valence-electron chi connectivity index (χ0n) is 17.4. The summed E-state index contributed by atoms with van der Waals surface area (Å²) in [6.45, 7) is 1.92. The van der Waals surface area contributed by atoms with E-state index in [1.54, 1.807) is 6.08 Å². The van der Waals surface area contributed by atoms with Crippen LogP contribution in [0, 0.1) is 5.92 Å². The second kappa shape index (κ2) is 11.2. The van der Waals surface area contributed by atoms with Crippen molar-refractivity contribution in [1.82, 2.24) is 0 Å². The first-order valence-electron chi connectivity index (χ1n) is 11.2. The van der Waals surface area contributed by atoms with E-state index in [2.05, 4.69) is 55.5 Å². The lowest BCUT2D eigenvalue weighted by Gasteiger charge is -2.28. The predicted molar refractivity (Wildman–Crippen MR) is 120 cm³/mol. The van der Waals surface area contributed by atoms with Crippen LogP contribution in [0.25, 0.3) is 11.1 Å². The largest absolute Gasteiger partial charge is 0.247 e. The molecule has 1 fully saturated rings. The molecular formula is C27H35F. The molecule has 0 bridgehead atoms. The molecule has 0 atom stereocenters. The summed E-state index contributed by atoms with van der Waals surface area (Å²) in [6, 6.07) is 18.4. The highest BCUT2D eigenvalue weighted by molar-refractivity contribution is 5.64. The minimum absolute atomic E-state index is 0.328. The number of halogens is 1. The normalized spacial score (nSPS) is 19.9. The van der Waals surface area contributed by atoms with Crippen molar-refractivity contribution in [2.75, 3.05) is 6.67 Å². The molecule has 1 aliphatic rings. The fourth-order valence-electron chi connectivity index (χ4n) is 4.49. The van der Waals surface area contributed by atoms with Crippen molar-refractivity contribution in [2.24, 2.45) is 5.92 Å². The van der Waals surface area contributed by atoms with Gasteiger partial charge in [0.05, 0.1) is 0 Å². The molecule has 2 aromatic carbocycles. The molecule has 150 valence electrons. The number of benzene rings is 2. The molecule has 3 rings (SSSR count). The lowest BCUT2D eigenvalue weighted by molar-refractivity contribution is 0.312. The van der Waals surface area contributed by atoms with Crippen LogP contribution in [0.5, 0.6) is 0 Å². The number of allylic oxidation sites excluding steroid dienone is 2. The molecule has 0 aromatic heterocycles. The van der Waals surface area contributed by atoms with E-state index >= 15 is 0 Å². The molecule has 1 saturated carbocycles. The average molecular weight is 379 g/mol. The molecular weight excluding hydrogens is 343 g/mol. The standard InChI is InChI=1S/C27H35F/c1-2-3-7-22-9-13-24(14-10-22)26-17-19-27(20-18-26)25-15-11-23(12-16-25)8-5-4-6-21-28/h4,6,9-10,13-14,17-20,23,25H,2-3,5,7-8,11-12,15-16,21H2,1H3/b6-4+/t23-,25-. The second-order valence-corrected chi connectivity index (χ2v) is 8.34. The summed E-state index contributed by atoms with van der Waals surface area (Å²) >= 11 is 0. The molecule has 0 spiro atoms. The van der Waals surface area contributed by atoms with Crippen molar-refractivity contribution >= 4 is 0 Å². The first-order chi connectivity index (χ1) is 13.8. The van der Waals surface area contributed by atoms with Gasteiger partial charge in [0.15, 0.2) is 0 Å². The van der Waals surface area contributed by atoms with E-state index in [-0.39, 0.29) is 6.67 Å². The van der Waals surface area contributed by atoms with Gasteiger partial charge in [0.1, 0.15) is 6.67 Å². The molecule has 1 aliphatic carbocycles. The third kappa shape index (κ3) is 6.06. The van der Waals surface area contributed by atoms with E-state index < -0.39 is 0 Å². The van der Waals surface area contributed by atoms with Crippen molar-refractivity contribution < 1.29 is 4.39 Å². The molecule has 0 aliphatic heterocycles. The summed E-state index contributed by atoms with van der Waals surface area (Å²) in [5.41, 5.74) is 5.58. The fraction of sp³-hybridized carbons (Fsp3) is 0.481. The summed E-state index contributed by atoms with van der Waals surface area (Å²) in [6.07, 6.45) is 14.8. The van der Waals surface area contributed by atoms with Crippen molar-refractivity contribution in [1.29, 1.82) is 0 Å². The zero-order chi connectivity index (χ0) is 19.6. The summed E-state index contributed by atoms with van der Waals surface area (Å²) < 4.78 is 12.1. The van der Waals surface area contributed by atoms with E-state index in [0.717, 1.165) is 12.3 Å². The summed E-state index contributed by atoms with van der Waals surface area (Å²) in [7, 11) is 0. The van der Waals surface area contributed by atoms with Crippen LogP contribution in [-0.2, 0) is 6.42 Å². The van der Waals surface area contributed by atoms with Crippen LogP contribution in [0.15, 0.2) is 60.7 Å². The van der Waals surface area contributed by atoms with Crippen LogP contribution in [0.4, 0.5) is 4.39 Å². The number of hydrogen-bond acceptors (Lipinski definition) is 0. The average Bonchev–Trinajstić information content (AvgIpc) is 2.76. The Morgan fingerprint density at radius 3 is 2.11 bits per heavy atom. The summed E-state index contributed by atoms with van der Waals surface area (Å²) in [5, 5.41) is 0. The maximum Gasteiger partial charge on any atom is 0.108 e. The molecule has 0 heterocycles. The number of aryl methyl sites for hydroxylation is 1. The number of rotatable bonds is 9. The third-order valence-corrected chi connectivity index (χ3v) is 6.33. The fourth-order valence-corrected chi connectivity index (χ4v) is 4.49. The van der Waals surface area contributed by atoms with E-state index in [4.69, 9.17) is 0 Å². The predicted octanol–water partition coefficient (Wildman–Crippen LogP) is 8.28. The van der Waals surface area contributed by atoms with Gasteiger partial charge in [-0.1, -0.05) is 74.0 Å². The molecule has 0 amide bonds. The monoisotopic (exact) mass is 378 g/mol. The van der Waals surface area contributed by atoms with Gasteiger partial charge in [0.25, 0.3) is 0 Å². The molecule has 28 heavy (non-hydrogen) atoms. The minimum Gasteiger partial charge on any atom is -0.247 e. The number of alkyl halides is 1.